The number of ether oxygens (including phenoxy) is 1. The van der Waals surface area contributed by atoms with E-state index in [9.17, 15) is 41.1 Å². The maximum Gasteiger partial charge on any atom is 0.490 e. The number of benzene rings is 3. The highest BCUT2D eigenvalue weighted by Gasteiger charge is 2.51. The van der Waals surface area contributed by atoms with Crippen molar-refractivity contribution in [1.29, 1.82) is 0 Å². The highest BCUT2D eigenvalue weighted by atomic mass is 32.2. The number of carbonyl (C=O) groups is 3. The fourth-order valence-electron chi connectivity index (χ4n) is 7.71. The van der Waals surface area contributed by atoms with Crippen molar-refractivity contribution < 1.29 is 45.8 Å². The van der Waals surface area contributed by atoms with E-state index in [4.69, 9.17) is 14.7 Å². The topological polar surface area (TPSA) is 210 Å². The first-order chi connectivity index (χ1) is 29.1. The summed E-state index contributed by atoms with van der Waals surface area (Å²) in [6.07, 6.45) is -7.27. The van der Waals surface area contributed by atoms with Crippen LogP contribution in [0.5, 0.6) is 0 Å². The predicted molar refractivity (Wildman–Crippen MR) is 218 cm³/mol. The molecular weight excluding hydrogens is 820 g/mol. The smallest absolute Gasteiger partial charge is 0.451 e. The number of nitrogens with one attached hydrogen (secondary N) is 4. The van der Waals surface area contributed by atoms with E-state index in [2.05, 4.69) is 25.7 Å². The number of aromatic nitrogens is 4. The molecule has 61 heavy (non-hydrogen) atoms. The number of aliphatic hydroxyl groups is 1. The third kappa shape index (κ3) is 9.76. The molecule has 1 saturated heterocycles. The Bertz CT molecular complexity index is 2440. The summed E-state index contributed by atoms with van der Waals surface area (Å²) in [6.45, 7) is 3.68. The van der Waals surface area contributed by atoms with Crippen molar-refractivity contribution in [3.8, 4) is 0 Å². The Labute approximate surface area is 349 Å². The first kappa shape index (κ1) is 43.0. The van der Waals surface area contributed by atoms with Crippen LogP contribution in [-0.4, -0.2) is 101 Å². The van der Waals surface area contributed by atoms with E-state index in [0.717, 1.165) is 11.1 Å². The molecule has 7 rings (SSSR count). The summed E-state index contributed by atoms with van der Waals surface area (Å²) in [7, 11) is -4.00. The number of esters is 1. The Morgan fingerprint density at radius 2 is 1.62 bits per heavy atom. The fraction of sp³-hybridized carbons (Fsp3) is 0.366. The molecule has 2 aromatic heterocycles. The van der Waals surface area contributed by atoms with Crippen LogP contribution in [0.2, 0.25) is 0 Å². The van der Waals surface area contributed by atoms with Crippen molar-refractivity contribution in [2.75, 3.05) is 35.2 Å². The van der Waals surface area contributed by atoms with Crippen LogP contribution in [0.15, 0.2) is 96.2 Å². The molecule has 2 aliphatic rings. The van der Waals surface area contributed by atoms with Gasteiger partial charge in [-0.1, -0.05) is 67.6 Å². The normalized spacial score (nSPS) is 20.5. The van der Waals surface area contributed by atoms with Gasteiger partial charge in [-0.3, -0.25) is 9.59 Å². The largest absolute Gasteiger partial charge is 0.490 e. The number of rotatable bonds is 14. The average molecular weight is 864 g/mol. The third-order valence-electron chi connectivity index (χ3n) is 10.7. The zero-order valence-corrected chi connectivity index (χ0v) is 33.9. The molecule has 1 saturated carbocycles. The minimum Gasteiger partial charge on any atom is -0.451 e. The van der Waals surface area contributed by atoms with Crippen LogP contribution in [0, 0.1) is 0 Å². The number of carbonyl (C=O) groups excluding carboxylic acids is 3. The maximum atomic E-state index is 13.5. The van der Waals surface area contributed by atoms with Gasteiger partial charge in [-0.25, -0.2) is 22.9 Å². The van der Waals surface area contributed by atoms with Crippen molar-refractivity contribution >= 4 is 56.4 Å². The maximum absolute atomic E-state index is 13.5. The summed E-state index contributed by atoms with van der Waals surface area (Å²) < 4.78 is 76.5. The average Bonchev–Trinajstić information content (AvgIpc) is 3.95. The van der Waals surface area contributed by atoms with Gasteiger partial charge >= 0.3 is 12.1 Å². The van der Waals surface area contributed by atoms with Crippen molar-refractivity contribution in [3.63, 3.8) is 0 Å². The van der Waals surface area contributed by atoms with Crippen molar-refractivity contribution in [1.82, 2.24) is 29.6 Å². The lowest BCUT2D eigenvalue weighted by Gasteiger charge is -2.25. The minimum atomic E-state index is -5.36. The van der Waals surface area contributed by atoms with Gasteiger partial charge in [0, 0.05) is 50.6 Å². The van der Waals surface area contributed by atoms with Crippen LogP contribution >= 0.6 is 0 Å². The molecule has 16 nitrogen and oxygen atoms in total. The van der Waals surface area contributed by atoms with Gasteiger partial charge in [0.1, 0.15) is 6.10 Å². The van der Waals surface area contributed by atoms with E-state index in [1.165, 1.54) is 42.1 Å². The van der Waals surface area contributed by atoms with E-state index < -0.39 is 58.4 Å². The number of hydrogen-bond acceptors (Lipinski definition) is 12. The highest BCUT2D eigenvalue weighted by molar-refractivity contribution is 7.89. The second-order valence-electron chi connectivity index (χ2n) is 14.9. The fourth-order valence-corrected chi connectivity index (χ4v) is 8.97. The van der Waals surface area contributed by atoms with Crippen LogP contribution in [0.1, 0.15) is 56.2 Å². The zero-order chi connectivity index (χ0) is 43.5. The van der Waals surface area contributed by atoms with Gasteiger partial charge in [0.05, 0.1) is 23.3 Å². The molecule has 2 fully saturated rings. The van der Waals surface area contributed by atoms with Gasteiger partial charge in [-0.2, -0.15) is 23.1 Å². The molecule has 5 aromatic rings. The van der Waals surface area contributed by atoms with Crippen LogP contribution in [0.25, 0.3) is 11.2 Å². The lowest BCUT2D eigenvalue weighted by atomic mass is 9.91. The first-order valence-electron chi connectivity index (χ1n) is 19.6. The third-order valence-corrected chi connectivity index (χ3v) is 12.2. The minimum absolute atomic E-state index is 0.00699. The molecule has 20 heteroatoms. The number of amides is 2. The quantitative estimate of drug-likeness (QED) is 0.0993. The number of anilines is 3. The van der Waals surface area contributed by atoms with E-state index in [0.29, 0.717) is 25.2 Å². The molecule has 322 valence electrons. The van der Waals surface area contributed by atoms with Gasteiger partial charge in [0.2, 0.25) is 27.8 Å². The number of nitrogens with zero attached hydrogens (tertiary/aromatic N) is 5. The van der Waals surface area contributed by atoms with E-state index >= 15 is 0 Å². The van der Waals surface area contributed by atoms with Crippen molar-refractivity contribution in [2.24, 2.45) is 0 Å². The van der Waals surface area contributed by atoms with Gasteiger partial charge in [-0.15, -0.1) is 0 Å². The zero-order valence-electron chi connectivity index (χ0n) is 33.0. The van der Waals surface area contributed by atoms with Crippen molar-refractivity contribution in [2.45, 2.75) is 80.4 Å². The van der Waals surface area contributed by atoms with Crippen LogP contribution in [0.4, 0.5) is 30.6 Å². The number of sulfonamides is 1. The SMILES string of the molecule is CCC(=O)N[C@H]1C[C@@H](n2cnc3c(NCC(c4ccccc4)c4ccccc4)nc(N4CC[C@@H](NS(=O)(=O)c5ccc(NC(C)=O)cc5)C4)nc32)[C@H](OC(=O)C(F)(F)F)[C@@H]1O. The molecular formula is C41H44F3N9O7S. The summed E-state index contributed by atoms with van der Waals surface area (Å²) in [4.78, 5) is 52.0. The highest BCUT2D eigenvalue weighted by Crippen LogP contribution is 2.38. The summed E-state index contributed by atoms with van der Waals surface area (Å²) in [5, 5.41) is 19.9. The summed E-state index contributed by atoms with van der Waals surface area (Å²) in [6, 6.07) is 22.4. The number of halogens is 3. The van der Waals surface area contributed by atoms with E-state index in [1.807, 2.05) is 60.7 Å². The molecule has 0 unspecified atom stereocenters. The Hall–Kier alpha value is -6.12. The molecule has 1 aliphatic heterocycles. The Morgan fingerprint density at radius 1 is 0.967 bits per heavy atom. The number of hydrogen-bond donors (Lipinski definition) is 5. The standard InChI is InChI=1S/C41H44F3N9O7S/c1-3-33(55)48-31-20-32(36(35(31)56)60-39(57)41(42,43)44)53-23-46-34-37(45-21-30(25-10-6-4-7-11-25)26-12-8-5-9-13-26)49-40(50-38(34)53)52-19-18-28(22-52)51-61(58,59)29-16-14-27(15-17-29)47-24(2)54/h4-17,23,28,30-32,35-36,51,56H,3,18-22H2,1-2H3,(H,47,54)(H,48,55)(H,45,49,50)/t28-,31+,32-,35-,36+/m1/s1. The van der Waals surface area contributed by atoms with Gasteiger partial charge in [0.15, 0.2) is 23.1 Å². The second-order valence-corrected chi connectivity index (χ2v) is 16.6. The number of aliphatic hydroxyl groups excluding tert-OH is 1. The number of fused-ring (bicyclic) bond motifs is 1. The monoisotopic (exact) mass is 863 g/mol. The van der Waals surface area contributed by atoms with Crippen molar-refractivity contribution in [3.05, 3.63) is 102 Å². The number of imidazole rings is 1. The summed E-state index contributed by atoms with van der Waals surface area (Å²) in [5.74, 6) is -3.04. The number of alkyl halides is 3. The Kier molecular flexibility index (Phi) is 12.6. The molecule has 0 radical (unpaired) electrons. The second kappa shape index (κ2) is 17.8. The summed E-state index contributed by atoms with van der Waals surface area (Å²) in [5.41, 5.74) is 2.79. The van der Waals surface area contributed by atoms with Crippen LogP contribution in [0.3, 0.4) is 0 Å². The molecule has 1 aliphatic carbocycles. The van der Waals surface area contributed by atoms with Gasteiger partial charge < -0.3 is 35.3 Å². The molecule has 5 atom stereocenters. The molecule has 3 heterocycles. The molecule has 3 aromatic carbocycles. The Balaban J connectivity index is 1.24. The molecule has 2 amide bonds. The molecule has 5 N–H and O–H groups in total. The van der Waals surface area contributed by atoms with Gasteiger partial charge in [0.25, 0.3) is 0 Å². The van der Waals surface area contributed by atoms with E-state index in [-0.39, 0.29) is 59.0 Å². The molecule has 0 bridgehead atoms. The first-order valence-corrected chi connectivity index (χ1v) is 21.1. The lowest BCUT2D eigenvalue weighted by molar-refractivity contribution is -0.209. The lowest BCUT2D eigenvalue weighted by Crippen LogP contribution is -2.45. The van der Waals surface area contributed by atoms with Crippen LogP contribution < -0.4 is 25.6 Å². The molecule has 0 spiro atoms. The van der Waals surface area contributed by atoms with Gasteiger partial charge in [-0.05, 0) is 48.2 Å². The van der Waals surface area contributed by atoms with E-state index in [1.54, 1.807) is 11.8 Å². The summed E-state index contributed by atoms with van der Waals surface area (Å²) >= 11 is 0. The Morgan fingerprint density at radius 3 is 2.23 bits per heavy atom. The van der Waals surface area contributed by atoms with Crippen LogP contribution in [-0.2, 0) is 29.1 Å². The predicted octanol–water partition coefficient (Wildman–Crippen LogP) is 4.26.